The molecule has 2 N–H and O–H groups in total. The summed E-state index contributed by atoms with van der Waals surface area (Å²) in [5, 5.41) is 17.6. The van der Waals surface area contributed by atoms with Crippen molar-refractivity contribution in [1.82, 2.24) is 14.8 Å². The molecule has 30 heavy (non-hydrogen) atoms. The van der Waals surface area contributed by atoms with E-state index in [1.54, 1.807) is 0 Å². The summed E-state index contributed by atoms with van der Waals surface area (Å²) >= 11 is 1.94. The van der Waals surface area contributed by atoms with Gasteiger partial charge >= 0.3 is 0 Å². The SMILES string of the molecule is Cc1cc(C#CCCO)ccc1[C@H]1SC[C@H](C)Nc2c1c(-c1ccccn1)nn2C. The normalized spacial score (nSPS) is 18.0. The van der Waals surface area contributed by atoms with Crippen LogP contribution in [0, 0.1) is 18.8 Å². The fourth-order valence-corrected chi connectivity index (χ4v) is 5.16. The summed E-state index contributed by atoms with van der Waals surface area (Å²) < 4.78 is 1.94. The van der Waals surface area contributed by atoms with Crippen LogP contribution < -0.4 is 5.32 Å². The van der Waals surface area contributed by atoms with Crippen LogP contribution in [0.2, 0.25) is 0 Å². The average Bonchev–Trinajstić information content (AvgIpc) is 2.95. The van der Waals surface area contributed by atoms with Gasteiger partial charge in [0.25, 0.3) is 0 Å². The topological polar surface area (TPSA) is 63.0 Å². The molecule has 2 atom stereocenters. The van der Waals surface area contributed by atoms with Crippen molar-refractivity contribution in [2.45, 2.75) is 31.6 Å². The summed E-state index contributed by atoms with van der Waals surface area (Å²) in [6, 6.07) is 12.7. The molecule has 0 amide bonds. The van der Waals surface area contributed by atoms with E-state index in [0.29, 0.717) is 12.5 Å². The van der Waals surface area contributed by atoms with Gasteiger partial charge in [-0.15, -0.1) is 11.8 Å². The first-order valence-corrected chi connectivity index (χ1v) is 11.2. The zero-order chi connectivity index (χ0) is 21.1. The minimum Gasteiger partial charge on any atom is -0.395 e. The third kappa shape index (κ3) is 4.09. The summed E-state index contributed by atoms with van der Waals surface area (Å²) in [6.45, 7) is 4.44. The molecule has 5 nitrogen and oxygen atoms in total. The van der Waals surface area contributed by atoms with Crippen molar-refractivity contribution in [3.63, 3.8) is 0 Å². The van der Waals surface area contributed by atoms with Gasteiger partial charge in [-0.25, -0.2) is 0 Å². The Kier molecular flexibility index (Phi) is 6.12. The van der Waals surface area contributed by atoms with Crippen molar-refractivity contribution < 1.29 is 5.11 Å². The lowest BCUT2D eigenvalue weighted by Gasteiger charge is -2.19. The van der Waals surface area contributed by atoms with Gasteiger partial charge in [0.15, 0.2) is 0 Å². The lowest BCUT2D eigenvalue weighted by Crippen LogP contribution is -2.18. The fourth-order valence-electron chi connectivity index (χ4n) is 3.76. The second-order valence-corrected chi connectivity index (χ2v) is 8.69. The van der Waals surface area contributed by atoms with Crippen LogP contribution in [0.1, 0.15) is 40.8 Å². The van der Waals surface area contributed by atoms with Crippen molar-refractivity contribution in [3.05, 3.63) is 64.8 Å². The maximum atomic E-state index is 8.95. The summed E-state index contributed by atoms with van der Waals surface area (Å²) in [5.74, 6) is 8.21. The Morgan fingerprint density at radius 2 is 2.17 bits per heavy atom. The van der Waals surface area contributed by atoms with E-state index in [2.05, 4.69) is 54.2 Å². The number of aromatic nitrogens is 3. The number of anilines is 1. The molecule has 0 saturated heterocycles. The highest BCUT2D eigenvalue weighted by atomic mass is 32.2. The van der Waals surface area contributed by atoms with Crippen LogP contribution in [0.3, 0.4) is 0 Å². The molecule has 1 aliphatic heterocycles. The third-order valence-electron chi connectivity index (χ3n) is 5.17. The van der Waals surface area contributed by atoms with E-state index in [4.69, 9.17) is 10.2 Å². The monoisotopic (exact) mass is 418 g/mol. The smallest absolute Gasteiger partial charge is 0.129 e. The number of hydrogen-bond donors (Lipinski definition) is 2. The van der Waals surface area contributed by atoms with Gasteiger partial charge in [-0.2, -0.15) is 5.10 Å². The maximum absolute atomic E-state index is 8.95. The summed E-state index contributed by atoms with van der Waals surface area (Å²) in [7, 11) is 1.99. The van der Waals surface area contributed by atoms with Crippen LogP contribution in [-0.2, 0) is 7.05 Å². The quantitative estimate of drug-likeness (QED) is 0.626. The first kappa shape index (κ1) is 20.5. The summed E-state index contributed by atoms with van der Waals surface area (Å²) in [4.78, 5) is 4.57. The van der Waals surface area contributed by atoms with Gasteiger partial charge in [0.05, 0.1) is 17.6 Å². The predicted molar refractivity (Wildman–Crippen MR) is 124 cm³/mol. The number of aryl methyl sites for hydroxylation is 2. The van der Waals surface area contributed by atoms with Crippen molar-refractivity contribution in [2.24, 2.45) is 7.05 Å². The number of benzene rings is 1. The molecular weight excluding hydrogens is 392 g/mol. The van der Waals surface area contributed by atoms with Gasteiger partial charge in [-0.05, 0) is 49.2 Å². The molecular formula is C24H26N4OS. The van der Waals surface area contributed by atoms with Crippen LogP contribution in [0.25, 0.3) is 11.4 Å². The lowest BCUT2D eigenvalue weighted by atomic mass is 9.96. The number of aliphatic hydroxyl groups excluding tert-OH is 1. The van der Waals surface area contributed by atoms with Crippen molar-refractivity contribution in [2.75, 3.05) is 17.7 Å². The summed E-state index contributed by atoms with van der Waals surface area (Å²) in [6.07, 6.45) is 2.31. The van der Waals surface area contributed by atoms with E-state index >= 15 is 0 Å². The molecule has 0 aliphatic carbocycles. The maximum Gasteiger partial charge on any atom is 0.129 e. The lowest BCUT2D eigenvalue weighted by molar-refractivity contribution is 0.305. The Hall–Kier alpha value is -2.75. The van der Waals surface area contributed by atoms with Crippen LogP contribution in [-0.4, -0.2) is 38.3 Å². The van der Waals surface area contributed by atoms with Crippen LogP contribution >= 0.6 is 11.8 Å². The van der Waals surface area contributed by atoms with Crippen LogP contribution in [0.5, 0.6) is 0 Å². The predicted octanol–water partition coefficient (Wildman–Crippen LogP) is 4.16. The zero-order valence-corrected chi connectivity index (χ0v) is 18.3. The molecule has 0 saturated carbocycles. The Labute approximate surface area is 181 Å². The largest absolute Gasteiger partial charge is 0.395 e. The third-order valence-corrected chi connectivity index (χ3v) is 6.69. The highest BCUT2D eigenvalue weighted by Gasteiger charge is 2.31. The molecule has 2 aromatic heterocycles. The zero-order valence-electron chi connectivity index (χ0n) is 17.5. The first-order chi connectivity index (χ1) is 14.6. The molecule has 0 fully saturated rings. The molecule has 0 bridgehead atoms. The van der Waals surface area contributed by atoms with E-state index in [-0.39, 0.29) is 11.9 Å². The molecule has 1 aliphatic rings. The van der Waals surface area contributed by atoms with Crippen LogP contribution in [0.4, 0.5) is 5.82 Å². The van der Waals surface area contributed by atoms with E-state index < -0.39 is 0 Å². The molecule has 4 rings (SSSR count). The van der Waals surface area contributed by atoms with Gasteiger partial charge in [-0.1, -0.05) is 24.0 Å². The number of rotatable bonds is 3. The molecule has 0 radical (unpaired) electrons. The van der Waals surface area contributed by atoms with Gasteiger partial charge in [0, 0.05) is 42.6 Å². The highest BCUT2D eigenvalue weighted by Crippen LogP contribution is 2.47. The molecule has 154 valence electrons. The second kappa shape index (κ2) is 8.95. The Balaban J connectivity index is 1.82. The number of thioether (sulfide) groups is 1. The van der Waals surface area contributed by atoms with E-state index in [9.17, 15) is 0 Å². The molecule has 0 unspecified atom stereocenters. The van der Waals surface area contributed by atoms with Crippen molar-refractivity contribution in [1.29, 1.82) is 0 Å². The fraction of sp³-hybridized carbons (Fsp3) is 0.333. The van der Waals surface area contributed by atoms with E-state index in [0.717, 1.165) is 28.5 Å². The number of fused-ring (bicyclic) bond motifs is 1. The Bertz CT molecular complexity index is 1100. The molecule has 0 spiro atoms. The van der Waals surface area contributed by atoms with Crippen molar-refractivity contribution in [3.8, 4) is 23.2 Å². The molecule has 1 aromatic carbocycles. The second-order valence-electron chi connectivity index (χ2n) is 7.55. The molecule has 6 heteroatoms. The van der Waals surface area contributed by atoms with Gasteiger partial charge < -0.3 is 10.4 Å². The molecule has 3 aromatic rings. The average molecular weight is 419 g/mol. The minimum absolute atomic E-state index is 0.0913. The van der Waals surface area contributed by atoms with Gasteiger partial charge in [0.2, 0.25) is 0 Å². The highest BCUT2D eigenvalue weighted by molar-refractivity contribution is 7.99. The number of aliphatic hydroxyl groups is 1. The number of pyridine rings is 1. The minimum atomic E-state index is 0.0913. The Morgan fingerprint density at radius 1 is 1.30 bits per heavy atom. The summed E-state index contributed by atoms with van der Waals surface area (Å²) in [5.41, 5.74) is 6.47. The van der Waals surface area contributed by atoms with E-state index in [1.165, 1.54) is 16.7 Å². The number of nitrogens with zero attached hydrogens (tertiary/aromatic N) is 3. The van der Waals surface area contributed by atoms with Gasteiger partial charge in [0.1, 0.15) is 11.5 Å². The number of nitrogens with one attached hydrogen (secondary N) is 1. The van der Waals surface area contributed by atoms with Gasteiger partial charge in [-0.3, -0.25) is 9.67 Å². The Morgan fingerprint density at radius 3 is 2.90 bits per heavy atom. The van der Waals surface area contributed by atoms with Crippen LogP contribution in [0.15, 0.2) is 42.6 Å². The standard InChI is InChI=1S/C24H26N4OS/c1-16-14-18(8-5-7-13-29)10-11-19(16)23-21-22(20-9-4-6-12-25-20)27-28(3)24(21)26-17(2)15-30-23/h4,6,9-12,14,17,23,26,29H,7,13,15H2,1-3H3/t17-,23+/m0/s1. The van der Waals surface area contributed by atoms with E-state index in [1.807, 2.05) is 47.9 Å². The number of hydrogen-bond acceptors (Lipinski definition) is 5. The molecule has 3 heterocycles. The van der Waals surface area contributed by atoms with Crippen molar-refractivity contribution >= 4 is 17.6 Å². The first-order valence-electron chi connectivity index (χ1n) is 10.1.